The van der Waals surface area contributed by atoms with Crippen LogP contribution in [-0.2, 0) is 16.1 Å². The molecule has 0 saturated heterocycles. The highest BCUT2D eigenvalue weighted by Gasteiger charge is 1.95. The first-order valence-corrected chi connectivity index (χ1v) is 4.85. The minimum absolute atomic E-state index is 0.571. The highest BCUT2D eigenvalue weighted by molar-refractivity contribution is 5.33. The van der Waals surface area contributed by atoms with Crippen molar-refractivity contribution in [2.75, 3.05) is 25.7 Å². The fraction of sp³-hybridized carbons (Fsp3) is 0.500. The number of nitrogens with two attached hydrogens (primary N) is 1. The second kappa shape index (κ2) is 7.17. The van der Waals surface area contributed by atoms with Crippen LogP contribution < -0.4 is 11.3 Å². The Morgan fingerprint density at radius 1 is 1.40 bits per heavy atom. The quantitative estimate of drug-likeness (QED) is 0.399. The molecule has 0 saturated carbocycles. The second-order valence-electron chi connectivity index (χ2n) is 3.09. The molecule has 0 radical (unpaired) electrons. The van der Waals surface area contributed by atoms with Gasteiger partial charge in [0.1, 0.15) is 5.82 Å². The highest BCUT2D eigenvalue weighted by atomic mass is 16.5. The lowest BCUT2D eigenvalue weighted by Crippen LogP contribution is -2.08. The maximum Gasteiger partial charge on any atom is 0.139 e. The van der Waals surface area contributed by atoms with Gasteiger partial charge in [-0.05, 0) is 18.1 Å². The van der Waals surface area contributed by atoms with Crippen LogP contribution in [0.2, 0.25) is 0 Å². The molecular formula is C10H17N3O2. The topological polar surface area (TPSA) is 69.4 Å². The van der Waals surface area contributed by atoms with Crippen LogP contribution in [0.3, 0.4) is 0 Å². The Morgan fingerprint density at radius 2 is 2.27 bits per heavy atom. The number of nitrogen functional groups attached to an aromatic ring is 1. The van der Waals surface area contributed by atoms with Gasteiger partial charge in [0.25, 0.3) is 0 Å². The molecule has 1 heterocycles. The van der Waals surface area contributed by atoms with Crippen LogP contribution in [0.25, 0.3) is 0 Å². The van der Waals surface area contributed by atoms with Crippen molar-refractivity contribution in [1.29, 1.82) is 0 Å². The molecule has 1 rings (SSSR count). The van der Waals surface area contributed by atoms with E-state index in [4.69, 9.17) is 15.3 Å². The third kappa shape index (κ3) is 4.73. The summed E-state index contributed by atoms with van der Waals surface area (Å²) in [4.78, 5) is 4.07. The van der Waals surface area contributed by atoms with E-state index in [2.05, 4.69) is 10.4 Å². The van der Waals surface area contributed by atoms with Gasteiger partial charge >= 0.3 is 0 Å². The highest BCUT2D eigenvalue weighted by Crippen LogP contribution is 2.04. The molecule has 1 aromatic rings. The molecule has 0 atom stereocenters. The summed E-state index contributed by atoms with van der Waals surface area (Å²) in [5.74, 6) is 5.85. The maximum atomic E-state index is 5.42. The van der Waals surface area contributed by atoms with E-state index in [1.165, 1.54) is 0 Å². The Labute approximate surface area is 89.6 Å². The monoisotopic (exact) mass is 211 g/mol. The van der Waals surface area contributed by atoms with Crippen LogP contribution in [0.15, 0.2) is 18.3 Å². The van der Waals surface area contributed by atoms with Crippen molar-refractivity contribution in [3.05, 3.63) is 23.9 Å². The van der Waals surface area contributed by atoms with Gasteiger partial charge in [-0.1, -0.05) is 6.07 Å². The average molecular weight is 211 g/mol. The fourth-order valence-corrected chi connectivity index (χ4v) is 1.09. The summed E-state index contributed by atoms with van der Waals surface area (Å²) in [7, 11) is 1.68. The number of hydrazine groups is 1. The number of aromatic nitrogens is 1. The molecule has 5 nitrogen and oxygen atoms in total. The van der Waals surface area contributed by atoms with Gasteiger partial charge in [-0.15, -0.1) is 0 Å². The predicted molar refractivity (Wildman–Crippen MR) is 58.2 cm³/mol. The zero-order chi connectivity index (χ0) is 10.9. The van der Waals surface area contributed by atoms with Gasteiger partial charge in [0.2, 0.25) is 0 Å². The normalized spacial score (nSPS) is 10.3. The smallest absolute Gasteiger partial charge is 0.139 e. The first-order chi connectivity index (χ1) is 7.36. The maximum absolute atomic E-state index is 5.42. The summed E-state index contributed by atoms with van der Waals surface area (Å²) in [6, 6.07) is 3.74. The Morgan fingerprint density at radius 3 is 2.87 bits per heavy atom. The van der Waals surface area contributed by atoms with Crippen molar-refractivity contribution >= 4 is 5.82 Å². The summed E-state index contributed by atoms with van der Waals surface area (Å²) in [6.07, 6.45) is 2.65. The van der Waals surface area contributed by atoms with E-state index in [9.17, 15) is 0 Å². The number of ether oxygens (including phenoxy) is 2. The Hall–Kier alpha value is -1.17. The van der Waals surface area contributed by atoms with Crippen molar-refractivity contribution in [1.82, 2.24) is 4.98 Å². The van der Waals surface area contributed by atoms with Gasteiger partial charge in [-0.25, -0.2) is 10.8 Å². The zero-order valence-corrected chi connectivity index (χ0v) is 8.90. The van der Waals surface area contributed by atoms with Gasteiger partial charge in [-0.3, -0.25) is 0 Å². The molecule has 5 heteroatoms. The molecule has 3 N–H and O–H groups in total. The van der Waals surface area contributed by atoms with E-state index >= 15 is 0 Å². The van der Waals surface area contributed by atoms with Crippen LogP contribution in [0.1, 0.15) is 12.0 Å². The van der Waals surface area contributed by atoms with Gasteiger partial charge in [-0.2, -0.15) is 0 Å². The number of anilines is 1. The lowest BCUT2D eigenvalue weighted by molar-refractivity contribution is 0.0927. The van der Waals surface area contributed by atoms with Gasteiger partial charge < -0.3 is 14.9 Å². The lowest BCUT2D eigenvalue weighted by atomic mass is 10.3. The standard InChI is InChI=1S/C10H17N3O2/c1-14-5-2-6-15-8-9-3-4-10(13-11)12-7-9/h3-4,7H,2,5-6,8,11H2,1H3,(H,12,13). The van der Waals surface area contributed by atoms with Crippen molar-refractivity contribution in [3.8, 4) is 0 Å². The van der Waals surface area contributed by atoms with Crippen molar-refractivity contribution < 1.29 is 9.47 Å². The van der Waals surface area contributed by atoms with E-state index in [0.29, 0.717) is 19.0 Å². The molecular weight excluding hydrogens is 194 g/mol. The molecule has 0 amide bonds. The molecule has 0 bridgehead atoms. The molecule has 0 aliphatic rings. The number of hydrogen-bond donors (Lipinski definition) is 2. The first-order valence-electron chi connectivity index (χ1n) is 4.85. The van der Waals surface area contributed by atoms with E-state index in [-0.39, 0.29) is 0 Å². The Balaban J connectivity index is 2.20. The van der Waals surface area contributed by atoms with E-state index in [1.54, 1.807) is 13.3 Å². The third-order valence-corrected chi connectivity index (χ3v) is 1.88. The van der Waals surface area contributed by atoms with Crippen LogP contribution in [0.5, 0.6) is 0 Å². The van der Waals surface area contributed by atoms with Gasteiger partial charge in [0.05, 0.1) is 6.61 Å². The molecule has 0 fully saturated rings. The minimum atomic E-state index is 0.571. The van der Waals surface area contributed by atoms with Crippen LogP contribution in [0.4, 0.5) is 5.82 Å². The number of methoxy groups -OCH3 is 1. The Bertz CT molecular complexity index is 264. The fourth-order valence-electron chi connectivity index (χ4n) is 1.09. The van der Waals surface area contributed by atoms with E-state index < -0.39 is 0 Å². The first kappa shape index (κ1) is 11.9. The van der Waals surface area contributed by atoms with E-state index in [1.807, 2.05) is 12.1 Å². The van der Waals surface area contributed by atoms with Crippen LogP contribution in [-0.4, -0.2) is 25.3 Å². The van der Waals surface area contributed by atoms with Crippen molar-refractivity contribution in [2.24, 2.45) is 5.84 Å². The molecule has 0 spiro atoms. The van der Waals surface area contributed by atoms with Gasteiger partial charge in [0, 0.05) is 26.5 Å². The summed E-state index contributed by atoms with van der Waals surface area (Å²) < 4.78 is 10.3. The minimum Gasteiger partial charge on any atom is -0.385 e. The second-order valence-corrected chi connectivity index (χ2v) is 3.09. The third-order valence-electron chi connectivity index (χ3n) is 1.88. The number of pyridine rings is 1. The molecule has 15 heavy (non-hydrogen) atoms. The SMILES string of the molecule is COCCCOCc1ccc(NN)nc1. The van der Waals surface area contributed by atoms with Crippen molar-refractivity contribution in [2.45, 2.75) is 13.0 Å². The van der Waals surface area contributed by atoms with E-state index in [0.717, 1.165) is 18.6 Å². The molecule has 0 aliphatic carbocycles. The Kier molecular flexibility index (Phi) is 5.69. The molecule has 0 unspecified atom stereocenters. The number of nitrogens with zero attached hydrogens (tertiary/aromatic N) is 1. The molecule has 1 aromatic heterocycles. The number of hydrogen-bond acceptors (Lipinski definition) is 5. The molecule has 0 aromatic carbocycles. The molecule has 0 aliphatic heterocycles. The van der Waals surface area contributed by atoms with Crippen LogP contribution in [0, 0.1) is 0 Å². The van der Waals surface area contributed by atoms with Gasteiger partial charge in [0.15, 0.2) is 0 Å². The number of rotatable bonds is 7. The largest absolute Gasteiger partial charge is 0.385 e. The predicted octanol–water partition coefficient (Wildman–Crippen LogP) is 0.920. The molecule has 84 valence electrons. The van der Waals surface area contributed by atoms with Crippen LogP contribution >= 0.6 is 0 Å². The number of nitrogens with one attached hydrogen (secondary N) is 1. The zero-order valence-electron chi connectivity index (χ0n) is 8.90. The lowest BCUT2D eigenvalue weighted by Gasteiger charge is -2.04. The average Bonchev–Trinajstić information content (AvgIpc) is 2.30. The van der Waals surface area contributed by atoms with Crippen molar-refractivity contribution in [3.63, 3.8) is 0 Å². The summed E-state index contributed by atoms with van der Waals surface area (Å²) in [5.41, 5.74) is 3.50. The summed E-state index contributed by atoms with van der Waals surface area (Å²) in [6.45, 7) is 2.00. The summed E-state index contributed by atoms with van der Waals surface area (Å²) in [5, 5.41) is 0. The summed E-state index contributed by atoms with van der Waals surface area (Å²) >= 11 is 0.